The lowest BCUT2D eigenvalue weighted by atomic mass is 10.1. The monoisotopic (exact) mass is 479 g/mol. The normalized spacial score (nSPS) is 15.4. The zero-order valence-corrected chi connectivity index (χ0v) is 20.0. The van der Waals surface area contributed by atoms with E-state index in [1.165, 1.54) is 12.2 Å². The van der Waals surface area contributed by atoms with E-state index in [9.17, 15) is 4.79 Å². The van der Waals surface area contributed by atoms with Crippen LogP contribution < -0.4 is 4.31 Å². The Morgan fingerprint density at radius 3 is 2.26 bits per heavy atom. The van der Waals surface area contributed by atoms with Crippen LogP contribution in [0.25, 0.3) is 0 Å². The summed E-state index contributed by atoms with van der Waals surface area (Å²) in [6, 6.07) is 8.34. The van der Waals surface area contributed by atoms with E-state index >= 15 is 0 Å². The van der Waals surface area contributed by atoms with Gasteiger partial charge in [0.25, 0.3) is 0 Å². The highest BCUT2D eigenvalue weighted by Crippen LogP contribution is 2.26. The fourth-order valence-electron chi connectivity index (χ4n) is 2.60. The molecule has 27 heavy (non-hydrogen) atoms. The number of likely N-dealkylation sites (tertiary alicyclic amines) is 1. The minimum atomic E-state index is -0.456. The van der Waals surface area contributed by atoms with E-state index < -0.39 is 5.60 Å². The Morgan fingerprint density at radius 1 is 1.19 bits per heavy atom. The highest BCUT2D eigenvalue weighted by Gasteiger charge is 2.29. The number of halogens is 1. The van der Waals surface area contributed by atoms with Crippen LogP contribution in [0.4, 0.5) is 10.5 Å². The average Bonchev–Trinajstić information content (AvgIpc) is 2.58. The molecule has 0 aromatic heterocycles. The van der Waals surface area contributed by atoms with Crippen LogP contribution in [-0.4, -0.2) is 54.9 Å². The van der Waals surface area contributed by atoms with E-state index in [1.807, 2.05) is 68.5 Å². The number of benzene rings is 1. The fourth-order valence-corrected chi connectivity index (χ4v) is 3.39. The molecular weight excluding hydrogens is 450 g/mol. The van der Waals surface area contributed by atoms with Crippen molar-refractivity contribution in [1.29, 1.82) is 0 Å². The van der Waals surface area contributed by atoms with Gasteiger partial charge in [0.05, 0.1) is 0 Å². The second kappa shape index (κ2) is 10.8. The zero-order valence-electron chi connectivity index (χ0n) is 16.6. The zero-order chi connectivity index (χ0) is 19.3. The molecule has 0 bridgehead atoms. The first kappa shape index (κ1) is 24.4. The standard InChI is InChI=1S/C18H28BrN3O3S.H2S/c1-18(2,3)24-17(23)22-12-10-15(11-13-22)20(4)25-26-21(5)16-8-6-14(19)7-9-16;/h6-9,15H,10-13H2,1-5H3;1H2. The highest BCUT2D eigenvalue weighted by molar-refractivity contribution is 9.10. The van der Waals surface area contributed by atoms with Crippen LogP contribution in [0, 0.1) is 0 Å². The third-order valence-electron chi connectivity index (χ3n) is 4.08. The number of rotatable bonds is 5. The summed E-state index contributed by atoms with van der Waals surface area (Å²) in [5.41, 5.74) is 0.605. The molecule has 1 saturated heterocycles. The number of piperidine rings is 1. The summed E-state index contributed by atoms with van der Waals surface area (Å²) in [4.78, 5) is 13.9. The minimum absolute atomic E-state index is 0. The van der Waals surface area contributed by atoms with Crippen LogP contribution in [0.3, 0.4) is 0 Å². The molecule has 154 valence electrons. The van der Waals surface area contributed by atoms with Gasteiger partial charge in [0.1, 0.15) is 17.8 Å². The molecule has 0 aliphatic carbocycles. The molecule has 2 rings (SSSR count). The molecule has 0 saturated carbocycles. The van der Waals surface area contributed by atoms with Crippen LogP contribution in [-0.2, 0) is 9.02 Å². The van der Waals surface area contributed by atoms with Crippen LogP contribution in [0.15, 0.2) is 28.7 Å². The number of carbonyl (C=O) groups excluding carboxylic acids is 1. The molecule has 1 aromatic carbocycles. The predicted octanol–water partition coefficient (Wildman–Crippen LogP) is 4.82. The first-order valence-corrected chi connectivity index (χ1v) is 10.2. The Hall–Kier alpha value is -0.610. The molecule has 9 heteroatoms. The molecule has 1 amide bonds. The van der Waals surface area contributed by atoms with Gasteiger partial charge in [-0.3, -0.25) is 4.31 Å². The van der Waals surface area contributed by atoms with Gasteiger partial charge in [-0.1, -0.05) is 15.9 Å². The lowest BCUT2D eigenvalue weighted by molar-refractivity contribution is -0.0708. The summed E-state index contributed by atoms with van der Waals surface area (Å²) in [6.45, 7) is 7.02. The van der Waals surface area contributed by atoms with E-state index in [-0.39, 0.29) is 25.6 Å². The molecule has 0 spiro atoms. The van der Waals surface area contributed by atoms with Gasteiger partial charge in [-0.15, -0.1) is 0 Å². The number of nitrogens with zero attached hydrogens (tertiary/aromatic N) is 3. The molecule has 0 unspecified atom stereocenters. The van der Waals surface area contributed by atoms with Crippen molar-refractivity contribution in [3.8, 4) is 0 Å². The van der Waals surface area contributed by atoms with Gasteiger partial charge in [-0.25, -0.2) is 9.08 Å². The number of hydroxylamine groups is 2. The quantitative estimate of drug-likeness (QED) is 0.342. The minimum Gasteiger partial charge on any atom is -0.444 e. The second-order valence-electron chi connectivity index (χ2n) is 7.37. The molecule has 1 heterocycles. The maximum Gasteiger partial charge on any atom is 0.410 e. The Labute approximate surface area is 182 Å². The molecule has 1 aromatic rings. The summed E-state index contributed by atoms with van der Waals surface area (Å²) in [6.07, 6.45) is 1.49. The van der Waals surface area contributed by atoms with Crippen molar-refractivity contribution in [3.05, 3.63) is 28.7 Å². The number of hydrogen-bond acceptors (Lipinski definition) is 6. The van der Waals surface area contributed by atoms with E-state index in [4.69, 9.17) is 9.02 Å². The number of anilines is 1. The Bertz CT molecular complexity index is 591. The number of hydrogen-bond donors (Lipinski definition) is 0. The third kappa shape index (κ3) is 8.11. The number of carbonyl (C=O) groups is 1. The van der Waals surface area contributed by atoms with Crippen molar-refractivity contribution in [3.63, 3.8) is 0 Å². The molecule has 0 radical (unpaired) electrons. The number of ether oxygens (including phenoxy) is 1. The van der Waals surface area contributed by atoms with Gasteiger partial charge in [0.2, 0.25) is 0 Å². The molecule has 1 fully saturated rings. The van der Waals surface area contributed by atoms with Gasteiger partial charge >= 0.3 is 6.09 Å². The van der Waals surface area contributed by atoms with Crippen LogP contribution >= 0.6 is 41.7 Å². The van der Waals surface area contributed by atoms with Crippen LogP contribution in [0.5, 0.6) is 0 Å². The topological polar surface area (TPSA) is 45.2 Å². The molecule has 0 N–H and O–H groups in total. The highest BCUT2D eigenvalue weighted by atomic mass is 79.9. The van der Waals surface area contributed by atoms with Gasteiger partial charge < -0.3 is 9.64 Å². The second-order valence-corrected chi connectivity index (χ2v) is 9.13. The molecule has 1 aliphatic rings. The molecule has 0 atom stereocenters. The third-order valence-corrected chi connectivity index (χ3v) is 5.35. The smallest absolute Gasteiger partial charge is 0.410 e. The van der Waals surface area contributed by atoms with E-state index in [1.54, 1.807) is 4.90 Å². The maximum atomic E-state index is 12.1. The molecule has 1 aliphatic heterocycles. The molecule has 6 nitrogen and oxygen atoms in total. The summed E-state index contributed by atoms with van der Waals surface area (Å²) in [5, 5.41) is 1.88. The SMILES string of the molecule is CN(SON(C)C1CCN(C(=O)OC(C)(C)C)CC1)c1ccc(Br)cc1.S. The Kier molecular flexibility index (Phi) is 9.77. The lowest BCUT2D eigenvalue weighted by Gasteiger charge is -2.36. The summed E-state index contributed by atoms with van der Waals surface area (Å²) in [5.74, 6) is 0. The van der Waals surface area contributed by atoms with Crippen molar-refractivity contribution < 1.29 is 13.8 Å². The Morgan fingerprint density at radius 2 is 1.74 bits per heavy atom. The maximum absolute atomic E-state index is 12.1. The average molecular weight is 480 g/mol. The fraction of sp³-hybridized carbons (Fsp3) is 0.611. The largest absolute Gasteiger partial charge is 0.444 e. The van der Waals surface area contributed by atoms with Crippen molar-refractivity contribution in [2.24, 2.45) is 0 Å². The van der Waals surface area contributed by atoms with E-state index in [0.29, 0.717) is 13.1 Å². The van der Waals surface area contributed by atoms with Crippen molar-refractivity contribution >= 4 is 53.4 Å². The summed E-state index contributed by atoms with van der Waals surface area (Å²) < 4.78 is 14.3. The Balaban J connectivity index is 0.00000364. The van der Waals surface area contributed by atoms with Crippen molar-refractivity contribution in [1.82, 2.24) is 9.96 Å². The predicted molar refractivity (Wildman–Crippen MR) is 120 cm³/mol. The van der Waals surface area contributed by atoms with Crippen molar-refractivity contribution in [2.75, 3.05) is 31.5 Å². The summed E-state index contributed by atoms with van der Waals surface area (Å²) in [7, 11) is 3.91. The first-order chi connectivity index (χ1) is 12.2. The van der Waals surface area contributed by atoms with E-state index in [2.05, 4.69) is 15.9 Å². The van der Waals surface area contributed by atoms with Crippen LogP contribution in [0.2, 0.25) is 0 Å². The number of amides is 1. The van der Waals surface area contributed by atoms with Gasteiger partial charge in [-0.05, 0) is 57.9 Å². The lowest BCUT2D eigenvalue weighted by Crippen LogP contribution is -2.46. The van der Waals surface area contributed by atoms with Crippen molar-refractivity contribution in [2.45, 2.75) is 45.3 Å². The van der Waals surface area contributed by atoms with Gasteiger partial charge in [-0.2, -0.15) is 18.6 Å². The summed E-state index contributed by atoms with van der Waals surface area (Å²) >= 11 is 4.73. The first-order valence-electron chi connectivity index (χ1n) is 8.70. The van der Waals surface area contributed by atoms with Gasteiger partial charge in [0.15, 0.2) is 0 Å². The van der Waals surface area contributed by atoms with Gasteiger partial charge in [0, 0.05) is 43.4 Å². The molecular formula is C18H30BrN3O3S2. The van der Waals surface area contributed by atoms with E-state index in [0.717, 1.165) is 23.0 Å². The van der Waals surface area contributed by atoms with Crippen LogP contribution in [0.1, 0.15) is 33.6 Å².